The number of carbonyl (C=O) groups is 1. The summed E-state index contributed by atoms with van der Waals surface area (Å²) >= 11 is 0. The van der Waals surface area contributed by atoms with Gasteiger partial charge < -0.3 is 24.7 Å². The molecule has 0 bridgehead atoms. The third-order valence-electron chi connectivity index (χ3n) is 6.00. The number of nitriles is 1. The van der Waals surface area contributed by atoms with Gasteiger partial charge in [0.25, 0.3) is 5.91 Å². The Kier molecular flexibility index (Phi) is 8.18. The number of amides is 1. The van der Waals surface area contributed by atoms with E-state index in [-0.39, 0.29) is 31.3 Å². The molecule has 2 aromatic heterocycles. The molecule has 0 fully saturated rings. The molecule has 4 rings (SSSR count). The van der Waals surface area contributed by atoms with E-state index in [9.17, 15) is 20.3 Å². The average molecular weight is 499 g/mol. The van der Waals surface area contributed by atoms with Crippen LogP contribution < -0.4 is 10.1 Å². The smallest absolute Gasteiger partial charge is 0.251 e. The van der Waals surface area contributed by atoms with Crippen molar-refractivity contribution >= 4 is 11.6 Å². The quantitative estimate of drug-likeness (QED) is 0.305. The second-order valence-corrected chi connectivity index (χ2v) is 9.12. The predicted octanol–water partition coefficient (Wildman–Crippen LogP) is 3.88. The lowest BCUT2D eigenvalue weighted by atomic mass is 10.0. The number of nitrogens with one attached hydrogen (secondary N) is 1. The number of fused-ring (bicyclic) bond motifs is 1. The molecular formula is C29H30N4O4. The van der Waals surface area contributed by atoms with Crippen molar-refractivity contribution in [2.75, 3.05) is 6.61 Å². The number of aliphatic hydroxyl groups excluding tert-OH is 2. The molecule has 0 radical (unpaired) electrons. The van der Waals surface area contributed by atoms with E-state index in [1.807, 2.05) is 67.0 Å². The number of carbonyl (C=O) groups excluding carboxylic acids is 1. The van der Waals surface area contributed by atoms with Gasteiger partial charge in [-0.2, -0.15) is 5.26 Å². The molecule has 2 aromatic carbocycles. The van der Waals surface area contributed by atoms with Gasteiger partial charge in [-0.05, 0) is 56.5 Å². The summed E-state index contributed by atoms with van der Waals surface area (Å²) in [5.41, 5.74) is 4.88. The minimum absolute atomic E-state index is 0.0674. The summed E-state index contributed by atoms with van der Waals surface area (Å²) in [5.74, 6) is 0.131. The number of ether oxygens (including phenoxy) is 1. The fraction of sp³-hybridized carbons (Fsp3) is 0.276. The monoisotopic (exact) mass is 498 g/mol. The number of hydrogen-bond donors (Lipinski definition) is 3. The minimum Gasteiger partial charge on any atom is -0.490 e. The fourth-order valence-corrected chi connectivity index (χ4v) is 4.20. The highest BCUT2D eigenvalue weighted by atomic mass is 16.5. The summed E-state index contributed by atoms with van der Waals surface area (Å²) in [6, 6.07) is 18.2. The van der Waals surface area contributed by atoms with Gasteiger partial charge in [0, 0.05) is 41.7 Å². The van der Waals surface area contributed by atoms with Gasteiger partial charge in [0.1, 0.15) is 17.5 Å². The van der Waals surface area contributed by atoms with Gasteiger partial charge in [-0.1, -0.05) is 30.3 Å². The summed E-state index contributed by atoms with van der Waals surface area (Å²) in [6.07, 6.45) is 4.66. The topological polar surface area (TPSA) is 120 Å². The van der Waals surface area contributed by atoms with E-state index in [0.29, 0.717) is 29.7 Å². The maximum absolute atomic E-state index is 12.9. The summed E-state index contributed by atoms with van der Waals surface area (Å²) in [5, 5.41) is 31.6. The van der Waals surface area contributed by atoms with Crippen LogP contribution in [0.15, 0.2) is 67.0 Å². The van der Waals surface area contributed by atoms with Crippen LogP contribution in [0.25, 0.3) is 16.9 Å². The molecule has 37 heavy (non-hydrogen) atoms. The Morgan fingerprint density at radius 1 is 1.16 bits per heavy atom. The van der Waals surface area contributed by atoms with Gasteiger partial charge in [-0.3, -0.25) is 4.79 Å². The van der Waals surface area contributed by atoms with Crippen LogP contribution in [0.3, 0.4) is 0 Å². The molecule has 190 valence electrons. The minimum atomic E-state index is -0.313. The number of hydrogen-bond acceptors (Lipinski definition) is 6. The number of benzene rings is 2. The highest BCUT2D eigenvalue weighted by Gasteiger charge is 2.17. The van der Waals surface area contributed by atoms with Crippen LogP contribution >= 0.6 is 0 Å². The van der Waals surface area contributed by atoms with E-state index in [1.165, 1.54) is 6.07 Å². The van der Waals surface area contributed by atoms with Crippen molar-refractivity contribution < 1.29 is 19.7 Å². The van der Waals surface area contributed by atoms with E-state index in [1.54, 1.807) is 12.1 Å². The fourth-order valence-electron chi connectivity index (χ4n) is 4.20. The summed E-state index contributed by atoms with van der Waals surface area (Å²) in [4.78, 5) is 17.6. The molecule has 3 N–H and O–H groups in total. The number of nitrogens with zero attached hydrogens (tertiary/aromatic N) is 3. The van der Waals surface area contributed by atoms with E-state index in [2.05, 4.69) is 16.4 Å². The van der Waals surface area contributed by atoms with Crippen molar-refractivity contribution in [3.8, 4) is 23.1 Å². The molecule has 8 heteroatoms. The normalized spacial score (nSPS) is 11.9. The van der Waals surface area contributed by atoms with Crippen LogP contribution in [-0.4, -0.2) is 44.3 Å². The van der Waals surface area contributed by atoms with E-state index >= 15 is 0 Å². The maximum atomic E-state index is 12.9. The van der Waals surface area contributed by atoms with Gasteiger partial charge >= 0.3 is 0 Å². The number of imidazole rings is 1. The van der Waals surface area contributed by atoms with Crippen LogP contribution in [0.4, 0.5) is 0 Å². The molecule has 0 saturated heterocycles. The lowest BCUT2D eigenvalue weighted by molar-refractivity contribution is 0.0930. The molecular weight excluding hydrogens is 468 g/mol. The Labute approximate surface area is 215 Å². The first-order valence-corrected chi connectivity index (χ1v) is 12.2. The highest BCUT2D eigenvalue weighted by Crippen LogP contribution is 2.23. The molecule has 1 atom stereocenters. The average Bonchev–Trinajstić information content (AvgIpc) is 3.33. The molecule has 8 nitrogen and oxygen atoms in total. The predicted molar refractivity (Wildman–Crippen MR) is 140 cm³/mol. The van der Waals surface area contributed by atoms with Gasteiger partial charge in [0.2, 0.25) is 0 Å². The number of aliphatic hydroxyl groups is 2. The largest absolute Gasteiger partial charge is 0.490 e. The Morgan fingerprint density at radius 2 is 1.95 bits per heavy atom. The van der Waals surface area contributed by atoms with E-state index < -0.39 is 0 Å². The van der Waals surface area contributed by atoms with Crippen molar-refractivity contribution in [3.63, 3.8) is 0 Å². The van der Waals surface area contributed by atoms with Crippen molar-refractivity contribution in [1.29, 1.82) is 5.26 Å². The van der Waals surface area contributed by atoms with Gasteiger partial charge in [0.05, 0.1) is 24.0 Å². The van der Waals surface area contributed by atoms with Crippen molar-refractivity contribution in [3.05, 3.63) is 89.2 Å². The summed E-state index contributed by atoms with van der Waals surface area (Å²) in [6.45, 7) is 3.60. The molecule has 0 aliphatic heterocycles. The first-order valence-electron chi connectivity index (χ1n) is 12.2. The number of rotatable bonds is 10. The molecule has 0 aliphatic rings. The third-order valence-corrected chi connectivity index (χ3v) is 6.00. The lowest BCUT2D eigenvalue weighted by Crippen LogP contribution is -2.37. The van der Waals surface area contributed by atoms with Gasteiger partial charge in [-0.25, -0.2) is 4.98 Å². The SMILES string of the molecule is CC(C)Oc1ccc(C(=O)N[C@H](CCO)Cc2ccc(-c3cn4cccc(CO)c4n3)cc2)cc1C#N. The summed E-state index contributed by atoms with van der Waals surface area (Å²) in [7, 11) is 0. The molecule has 0 saturated carbocycles. The first-order chi connectivity index (χ1) is 17.9. The van der Waals surface area contributed by atoms with Crippen LogP contribution in [0.5, 0.6) is 5.75 Å². The zero-order valence-electron chi connectivity index (χ0n) is 20.9. The van der Waals surface area contributed by atoms with Crippen LogP contribution in [0.2, 0.25) is 0 Å². The second kappa shape index (κ2) is 11.7. The zero-order chi connectivity index (χ0) is 26.4. The Balaban J connectivity index is 1.47. The third kappa shape index (κ3) is 6.15. The Bertz CT molecular complexity index is 1420. The lowest BCUT2D eigenvalue weighted by Gasteiger charge is -2.19. The molecule has 0 spiro atoms. The molecule has 4 aromatic rings. The Morgan fingerprint density at radius 3 is 2.62 bits per heavy atom. The van der Waals surface area contributed by atoms with Crippen molar-refractivity contribution in [2.45, 2.75) is 45.4 Å². The van der Waals surface area contributed by atoms with Gasteiger partial charge in [0.15, 0.2) is 0 Å². The Hall–Kier alpha value is -4.19. The molecule has 1 amide bonds. The first kappa shape index (κ1) is 25.9. The molecule has 0 unspecified atom stereocenters. The van der Waals surface area contributed by atoms with Crippen molar-refractivity contribution in [1.82, 2.24) is 14.7 Å². The van der Waals surface area contributed by atoms with Crippen LogP contribution in [-0.2, 0) is 13.0 Å². The van der Waals surface area contributed by atoms with E-state index in [0.717, 1.165) is 28.0 Å². The second-order valence-electron chi connectivity index (χ2n) is 9.12. The standard InChI is InChI=1S/C29H30N4O4/c1-19(2)37-27-10-9-22(15-24(27)16-30)29(36)31-25(11-13-34)14-20-5-7-21(8-6-20)26-17-33-12-3-4-23(18-35)28(33)32-26/h3-10,12,15,17,19,25,34-35H,11,13-14,18H2,1-2H3,(H,31,36)/t25-/m1/s1. The zero-order valence-corrected chi connectivity index (χ0v) is 20.9. The van der Waals surface area contributed by atoms with Crippen LogP contribution in [0.1, 0.15) is 47.3 Å². The maximum Gasteiger partial charge on any atom is 0.251 e. The van der Waals surface area contributed by atoms with Crippen molar-refractivity contribution in [2.24, 2.45) is 0 Å². The number of pyridine rings is 1. The summed E-state index contributed by atoms with van der Waals surface area (Å²) < 4.78 is 7.53. The highest BCUT2D eigenvalue weighted by molar-refractivity contribution is 5.95. The number of aromatic nitrogens is 2. The van der Waals surface area contributed by atoms with Gasteiger partial charge in [-0.15, -0.1) is 0 Å². The molecule has 0 aliphatic carbocycles. The van der Waals surface area contributed by atoms with Crippen LogP contribution in [0, 0.1) is 11.3 Å². The van der Waals surface area contributed by atoms with E-state index in [4.69, 9.17) is 4.74 Å². The molecule has 2 heterocycles.